The number of ether oxygens (including phenoxy) is 2. The van der Waals surface area contributed by atoms with Crippen molar-refractivity contribution in [3.63, 3.8) is 0 Å². The summed E-state index contributed by atoms with van der Waals surface area (Å²) in [6.45, 7) is 11.0. The molecule has 1 aromatic rings. The number of hydrogen-bond acceptors (Lipinski definition) is 3. The molecule has 1 saturated heterocycles. The average Bonchev–Trinajstić information content (AvgIpc) is 2.51. The number of nitrogens with one attached hydrogen (secondary N) is 1. The van der Waals surface area contributed by atoms with Crippen LogP contribution in [0.4, 0.5) is 0 Å². The molecule has 1 heterocycles. The van der Waals surface area contributed by atoms with Gasteiger partial charge in [-0.3, -0.25) is 4.99 Å². The second-order valence-corrected chi connectivity index (χ2v) is 6.51. The fourth-order valence-electron chi connectivity index (χ4n) is 2.39. The largest absolute Gasteiger partial charge is 0.491 e. The molecule has 0 atom stereocenters. The van der Waals surface area contributed by atoms with E-state index in [-0.39, 0.29) is 5.41 Å². The van der Waals surface area contributed by atoms with Crippen molar-refractivity contribution in [1.82, 2.24) is 10.2 Å². The number of guanidine groups is 1. The van der Waals surface area contributed by atoms with Gasteiger partial charge in [0.1, 0.15) is 12.4 Å². The predicted octanol–water partition coefficient (Wildman–Crippen LogP) is 2.31. The van der Waals surface area contributed by atoms with Gasteiger partial charge in [-0.25, -0.2) is 0 Å². The molecule has 0 unspecified atom stereocenters. The van der Waals surface area contributed by atoms with Crippen LogP contribution in [0.3, 0.4) is 0 Å². The normalized spacial score (nSPS) is 16.6. The number of benzene rings is 1. The van der Waals surface area contributed by atoms with Gasteiger partial charge in [-0.2, -0.15) is 0 Å². The fraction of sp³-hybridized carbons (Fsp3) is 0.611. The maximum Gasteiger partial charge on any atom is 0.193 e. The van der Waals surface area contributed by atoms with Crippen LogP contribution in [-0.4, -0.2) is 57.4 Å². The number of para-hydroxylation sites is 1. The molecule has 1 aromatic carbocycles. The smallest absolute Gasteiger partial charge is 0.193 e. The van der Waals surface area contributed by atoms with Crippen LogP contribution in [-0.2, 0) is 4.74 Å². The molecule has 1 fully saturated rings. The van der Waals surface area contributed by atoms with Crippen LogP contribution in [0.2, 0.25) is 0 Å². The zero-order valence-corrected chi connectivity index (χ0v) is 14.8. The summed E-state index contributed by atoms with van der Waals surface area (Å²) >= 11 is 0. The van der Waals surface area contributed by atoms with Gasteiger partial charge in [-0.15, -0.1) is 0 Å². The van der Waals surface area contributed by atoms with E-state index in [1.165, 1.54) is 0 Å². The molecule has 0 radical (unpaired) electrons. The molecular weight excluding hydrogens is 290 g/mol. The molecule has 23 heavy (non-hydrogen) atoms. The van der Waals surface area contributed by atoms with Crippen molar-refractivity contribution in [1.29, 1.82) is 0 Å². The Morgan fingerprint density at radius 3 is 2.74 bits per heavy atom. The van der Waals surface area contributed by atoms with Crippen molar-refractivity contribution in [3.8, 4) is 5.75 Å². The van der Waals surface area contributed by atoms with Gasteiger partial charge in [0, 0.05) is 19.0 Å². The molecule has 1 aliphatic rings. The maximum absolute atomic E-state index is 5.87. The molecule has 2 rings (SSSR count). The molecular formula is C18H29N3O2. The first-order valence-electron chi connectivity index (χ1n) is 8.30. The Morgan fingerprint density at radius 2 is 2.13 bits per heavy atom. The molecule has 0 spiro atoms. The Bertz CT molecular complexity index is 527. The van der Waals surface area contributed by atoms with E-state index in [1.807, 2.05) is 25.2 Å². The predicted molar refractivity (Wildman–Crippen MR) is 94.2 cm³/mol. The third-order valence-electron chi connectivity index (χ3n) is 3.99. The van der Waals surface area contributed by atoms with Crippen LogP contribution >= 0.6 is 0 Å². The quantitative estimate of drug-likeness (QED) is 0.619. The molecule has 0 aliphatic carbocycles. The van der Waals surface area contributed by atoms with Gasteiger partial charge in [0.25, 0.3) is 0 Å². The molecule has 128 valence electrons. The lowest BCUT2D eigenvalue weighted by atomic mass is 9.89. The third kappa shape index (κ3) is 5.13. The number of hydrogen-bond donors (Lipinski definition) is 1. The highest BCUT2D eigenvalue weighted by Crippen LogP contribution is 2.26. The standard InChI is InChI=1S/C18H29N3O2/c1-5-19-17(20-12-18(3)13-22-14-18)21(4)10-11-23-16-9-7-6-8-15(16)2/h6-9H,5,10-14H2,1-4H3,(H,19,20). The van der Waals surface area contributed by atoms with Crippen LogP contribution in [0.1, 0.15) is 19.4 Å². The topological polar surface area (TPSA) is 46.1 Å². The zero-order chi connectivity index (χ0) is 16.7. The van der Waals surface area contributed by atoms with E-state index in [1.54, 1.807) is 0 Å². The lowest BCUT2D eigenvalue weighted by Crippen LogP contribution is -2.45. The number of aliphatic imine (C=N–C) groups is 1. The van der Waals surface area contributed by atoms with Crippen molar-refractivity contribution in [2.45, 2.75) is 20.8 Å². The van der Waals surface area contributed by atoms with Gasteiger partial charge in [-0.05, 0) is 25.5 Å². The minimum absolute atomic E-state index is 0.194. The van der Waals surface area contributed by atoms with Crippen LogP contribution in [0, 0.1) is 12.3 Å². The second kappa shape index (κ2) is 8.20. The first kappa shape index (κ1) is 17.6. The summed E-state index contributed by atoms with van der Waals surface area (Å²) < 4.78 is 11.2. The van der Waals surface area contributed by atoms with Crippen molar-refractivity contribution in [2.75, 3.05) is 46.5 Å². The Balaban J connectivity index is 1.84. The van der Waals surface area contributed by atoms with Crippen molar-refractivity contribution in [3.05, 3.63) is 29.8 Å². The summed E-state index contributed by atoms with van der Waals surface area (Å²) in [7, 11) is 2.04. The highest BCUT2D eigenvalue weighted by atomic mass is 16.5. The molecule has 0 amide bonds. The summed E-state index contributed by atoms with van der Waals surface area (Å²) in [6.07, 6.45) is 0. The summed E-state index contributed by atoms with van der Waals surface area (Å²) in [6, 6.07) is 8.09. The number of likely N-dealkylation sites (N-methyl/N-ethyl adjacent to an activating group) is 1. The minimum atomic E-state index is 0.194. The van der Waals surface area contributed by atoms with E-state index >= 15 is 0 Å². The SMILES string of the molecule is CCNC(=NCC1(C)COC1)N(C)CCOc1ccccc1C. The third-order valence-corrected chi connectivity index (χ3v) is 3.99. The highest BCUT2D eigenvalue weighted by Gasteiger charge is 2.33. The Hall–Kier alpha value is -1.75. The molecule has 0 bridgehead atoms. The van der Waals surface area contributed by atoms with E-state index in [0.717, 1.165) is 50.1 Å². The highest BCUT2D eigenvalue weighted by molar-refractivity contribution is 5.79. The molecule has 0 aromatic heterocycles. The van der Waals surface area contributed by atoms with Crippen LogP contribution in [0.5, 0.6) is 5.75 Å². The second-order valence-electron chi connectivity index (χ2n) is 6.51. The summed E-state index contributed by atoms with van der Waals surface area (Å²) in [5, 5.41) is 3.34. The summed E-state index contributed by atoms with van der Waals surface area (Å²) in [5.41, 5.74) is 1.35. The van der Waals surface area contributed by atoms with E-state index in [0.29, 0.717) is 6.61 Å². The van der Waals surface area contributed by atoms with Gasteiger partial charge in [0.15, 0.2) is 5.96 Å². The van der Waals surface area contributed by atoms with Crippen molar-refractivity contribution < 1.29 is 9.47 Å². The van der Waals surface area contributed by atoms with Crippen LogP contribution < -0.4 is 10.1 Å². The monoisotopic (exact) mass is 319 g/mol. The lowest BCUT2D eigenvalue weighted by molar-refractivity contribution is -0.0945. The molecule has 0 saturated carbocycles. The zero-order valence-electron chi connectivity index (χ0n) is 14.8. The summed E-state index contributed by atoms with van der Waals surface area (Å²) in [4.78, 5) is 6.86. The van der Waals surface area contributed by atoms with Crippen molar-refractivity contribution in [2.24, 2.45) is 10.4 Å². The molecule has 1 aliphatic heterocycles. The van der Waals surface area contributed by atoms with Gasteiger partial charge >= 0.3 is 0 Å². The Morgan fingerprint density at radius 1 is 1.39 bits per heavy atom. The molecule has 5 heteroatoms. The first-order chi connectivity index (χ1) is 11.0. The number of nitrogens with zero attached hydrogens (tertiary/aromatic N) is 2. The van der Waals surface area contributed by atoms with E-state index in [2.05, 4.69) is 37.1 Å². The van der Waals surface area contributed by atoms with E-state index in [9.17, 15) is 0 Å². The van der Waals surface area contributed by atoms with Crippen molar-refractivity contribution >= 4 is 5.96 Å². The fourth-order valence-corrected chi connectivity index (χ4v) is 2.39. The van der Waals surface area contributed by atoms with Crippen LogP contribution in [0.15, 0.2) is 29.3 Å². The van der Waals surface area contributed by atoms with Gasteiger partial charge in [0.2, 0.25) is 0 Å². The number of rotatable bonds is 7. The van der Waals surface area contributed by atoms with E-state index < -0.39 is 0 Å². The maximum atomic E-state index is 5.87. The van der Waals surface area contributed by atoms with E-state index in [4.69, 9.17) is 14.5 Å². The minimum Gasteiger partial charge on any atom is -0.491 e. The lowest BCUT2D eigenvalue weighted by Gasteiger charge is -2.37. The molecule has 1 N–H and O–H groups in total. The Labute approximate surface area is 139 Å². The number of aryl methyl sites for hydroxylation is 1. The average molecular weight is 319 g/mol. The van der Waals surface area contributed by atoms with Gasteiger partial charge < -0.3 is 19.7 Å². The first-order valence-corrected chi connectivity index (χ1v) is 8.30. The van der Waals surface area contributed by atoms with Gasteiger partial charge in [-0.1, -0.05) is 25.1 Å². The van der Waals surface area contributed by atoms with Crippen LogP contribution in [0.25, 0.3) is 0 Å². The van der Waals surface area contributed by atoms with Gasteiger partial charge in [0.05, 0.1) is 26.3 Å². The Kier molecular flexibility index (Phi) is 6.28. The summed E-state index contributed by atoms with van der Waals surface area (Å²) in [5.74, 6) is 1.87. The molecule has 5 nitrogen and oxygen atoms in total.